The Bertz CT molecular complexity index is 980. The number of benzene rings is 2. The fraction of sp³-hybridized carbons (Fsp3) is 0.200. The quantitative estimate of drug-likeness (QED) is 0.511. The zero-order valence-electron chi connectivity index (χ0n) is 15.3. The van der Waals surface area contributed by atoms with Gasteiger partial charge in [0, 0.05) is 0 Å². The van der Waals surface area contributed by atoms with Crippen molar-refractivity contribution < 1.29 is 0 Å². The smallest absolute Gasteiger partial charge is 0.175 e. The molecular formula is C20H20Cl2N4S. The summed E-state index contributed by atoms with van der Waals surface area (Å²) in [4.78, 5) is 0. The molecule has 0 radical (unpaired) electrons. The van der Waals surface area contributed by atoms with Crippen LogP contribution in [0, 0.1) is 20.8 Å². The molecule has 1 heterocycles. The van der Waals surface area contributed by atoms with Gasteiger partial charge in [-0.25, -0.2) is 0 Å². The van der Waals surface area contributed by atoms with Crippen LogP contribution in [0.4, 0.5) is 11.4 Å². The summed E-state index contributed by atoms with van der Waals surface area (Å²) in [5.74, 6) is 0. The normalized spacial score (nSPS) is 10.7. The predicted octanol–water partition coefficient (Wildman–Crippen LogP) is 5.97. The summed E-state index contributed by atoms with van der Waals surface area (Å²) in [5, 5.41) is 12.3. The van der Waals surface area contributed by atoms with Gasteiger partial charge < -0.3 is 10.6 Å². The predicted molar refractivity (Wildman–Crippen MR) is 118 cm³/mol. The summed E-state index contributed by atoms with van der Waals surface area (Å²) in [5.41, 5.74) is 5.87. The van der Waals surface area contributed by atoms with Crippen molar-refractivity contribution in [3.8, 4) is 0 Å². The Morgan fingerprint density at radius 2 is 1.74 bits per heavy atom. The highest BCUT2D eigenvalue weighted by molar-refractivity contribution is 7.80. The molecular weight excluding hydrogens is 399 g/mol. The molecule has 0 aliphatic carbocycles. The van der Waals surface area contributed by atoms with Crippen molar-refractivity contribution in [3.05, 3.63) is 75.0 Å². The number of aromatic nitrogens is 2. The lowest BCUT2D eigenvalue weighted by Crippen LogP contribution is -2.20. The third-order valence-corrected chi connectivity index (χ3v) is 5.30. The van der Waals surface area contributed by atoms with Gasteiger partial charge in [0.05, 0.1) is 39.4 Å². The Morgan fingerprint density at radius 3 is 2.44 bits per heavy atom. The van der Waals surface area contributed by atoms with Gasteiger partial charge in [-0.15, -0.1) is 0 Å². The maximum atomic E-state index is 6.21. The van der Waals surface area contributed by atoms with Crippen molar-refractivity contribution in [2.45, 2.75) is 27.3 Å². The van der Waals surface area contributed by atoms with Gasteiger partial charge in [-0.2, -0.15) is 5.10 Å². The molecule has 0 bridgehead atoms. The largest absolute Gasteiger partial charge is 0.331 e. The van der Waals surface area contributed by atoms with Gasteiger partial charge in [0.25, 0.3) is 0 Å². The van der Waals surface area contributed by atoms with Crippen LogP contribution in [0.5, 0.6) is 0 Å². The van der Waals surface area contributed by atoms with Gasteiger partial charge in [-0.05, 0) is 50.7 Å². The van der Waals surface area contributed by atoms with E-state index in [0.717, 1.165) is 17.1 Å². The molecule has 2 aromatic carbocycles. The molecule has 0 aliphatic heterocycles. The van der Waals surface area contributed by atoms with E-state index in [-0.39, 0.29) is 0 Å². The molecule has 1 aromatic heterocycles. The SMILES string of the molecule is Cc1ccc(Cn2nc(C)c(NC(=S)Nc3cccc(Cl)c3Cl)c2C)cc1. The minimum Gasteiger partial charge on any atom is -0.331 e. The molecule has 0 fully saturated rings. The molecule has 0 atom stereocenters. The third kappa shape index (κ3) is 4.61. The van der Waals surface area contributed by atoms with E-state index in [1.807, 2.05) is 30.7 Å². The standard InChI is InChI=1S/C20H20Cl2N4S/c1-12-7-9-15(10-8-12)11-26-14(3)19(13(2)25-26)24-20(27)23-17-6-4-5-16(21)18(17)22/h4-10H,11H2,1-3H3,(H2,23,24,27). The molecule has 4 nitrogen and oxygen atoms in total. The van der Waals surface area contributed by atoms with Gasteiger partial charge in [0.1, 0.15) is 0 Å². The minimum absolute atomic E-state index is 0.431. The van der Waals surface area contributed by atoms with Crippen molar-refractivity contribution in [1.82, 2.24) is 9.78 Å². The number of anilines is 2. The topological polar surface area (TPSA) is 41.9 Å². The van der Waals surface area contributed by atoms with E-state index in [4.69, 9.17) is 35.4 Å². The highest BCUT2D eigenvalue weighted by Gasteiger charge is 2.14. The molecule has 7 heteroatoms. The summed E-state index contributed by atoms with van der Waals surface area (Å²) in [7, 11) is 0. The Hall–Kier alpha value is -2.08. The lowest BCUT2D eigenvalue weighted by atomic mass is 10.1. The second-order valence-corrected chi connectivity index (χ2v) is 7.56. The molecule has 0 spiro atoms. The van der Waals surface area contributed by atoms with Crippen molar-refractivity contribution in [2.75, 3.05) is 10.6 Å². The van der Waals surface area contributed by atoms with Crippen LogP contribution < -0.4 is 10.6 Å². The number of hydrogen-bond acceptors (Lipinski definition) is 2. The zero-order chi connectivity index (χ0) is 19.6. The molecule has 0 amide bonds. The Labute approximate surface area is 174 Å². The number of rotatable bonds is 4. The van der Waals surface area contributed by atoms with Crippen molar-refractivity contribution in [2.24, 2.45) is 0 Å². The molecule has 2 N–H and O–H groups in total. The number of aryl methyl sites for hydroxylation is 2. The number of hydrogen-bond donors (Lipinski definition) is 2. The second-order valence-electron chi connectivity index (χ2n) is 6.37. The summed E-state index contributed by atoms with van der Waals surface area (Å²) in [6, 6.07) is 13.8. The third-order valence-electron chi connectivity index (χ3n) is 4.27. The second kappa shape index (κ2) is 8.30. The van der Waals surface area contributed by atoms with Crippen LogP contribution in [0.3, 0.4) is 0 Å². The van der Waals surface area contributed by atoms with Crippen LogP contribution in [0.25, 0.3) is 0 Å². The van der Waals surface area contributed by atoms with E-state index in [2.05, 4.69) is 46.9 Å². The van der Waals surface area contributed by atoms with Crippen LogP contribution in [-0.2, 0) is 6.54 Å². The number of nitrogens with zero attached hydrogens (tertiary/aromatic N) is 2. The minimum atomic E-state index is 0.431. The van der Waals surface area contributed by atoms with Gasteiger partial charge in [-0.1, -0.05) is 59.1 Å². The lowest BCUT2D eigenvalue weighted by Gasteiger charge is -2.13. The van der Waals surface area contributed by atoms with Gasteiger partial charge >= 0.3 is 0 Å². The Morgan fingerprint density at radius 1 is 1.04 bits per heavy atom. The first-order valence-corrected chi connectivity index (χ1v) is 9.63. The number of nitrogens with one attached hydrogen (secondary N) is 2. The highest BCUT2D eigenvalue weighted by Crippen LogP contribution is 2.30. The average molecular weight is 419 g/mol. The first-order valence-electron chi connectivity index (χ1n) is 8.46. The molecule has 0 unspecified atom stereocenters. The average Bonchev–Trinajstić information content (AvgIpc) is 2.88. The van der Waals surface area contributed by atoms with Crippen LogP contribution in [0.2, 0.25) is 10.0 Å². The van der Waals surface area contributed by atoms with Crippen molar-refractivity contribution >= 4 is 51.9 Å². The van der Waals surface area contributed by atoms with Crippen LogP contribution in [0.15, 0.2) is 42.5 Å². The van der Waals surface area contributed by atoms with E-state index in [0.29, 0.717) is 27.4 Å². The van der Waals surface area contributed by atoms with Crippen molar-refractivity contribution in [3.63, 3.8) is 0 Å². The van der Waals surface area contributed by atoms with Crippen LogP contribution in [0.1, 0.15) is 22.5 Å². The summed E-state index contributed by atoms with van der Waals surface area (Å²) < 4.78 is 1.97. The molecule has 0 saturated heterocycles. The summed E-state index contributed by atoms with van der Waals surface area (Å²) >= 11 is 17.7. The zero-order valence-corrected chi connectivity index (χ0v) is 17.6. The number of thiocarbonyl (C=S) groups is 1. The van der Waals surface area contributed by atoms with Gasteiger partial charge in [0.2, 0.25) is 0 Å². The highest BCUT2D eigenvalue weighted by atomic mass is 35.5. The fourth-order valence-electron chi connectivity index (χ4n) is 2.77. The van der Waals surface area contributed by atoms with E-state index >= 15 is 0 Å². The monoisotopic (exact) mass is 418 g/mol. The van der Waals surface area contributed by atoms with Crippen LogP contribution in [-0.4, -0.2) is 14.9 Å². The number of halogens is 2. The van der Waals surface area contributed by atoms with Gasteiger partial charge in [-0.3, -0.25) is 4.68 Å². The van der Waals surface area contributed by atoms with E-state index in [1.54, 1.807) is 6.07 Å². The Kier molecular flexibility index (Phi) is 6.05. The molecule has 3 aromatic rings. The molecule has 0 aliphatic rings. The van der Waals surface area contributed by atoms with E-state index in [9.17, 15) is 0 Å². The molecule has 140 valence electrons. The maximum Gasteiger partial charge on any atom is 0.175 e. The van der Waals surface area contributed by atoms with E-state index < -0.39 is 0 Å². The Balaban J connectivity index is 1.75. The maximum absolute atomic E-state index is 6.21. The fourth-order valence-corrected chi connectivity index (χ4v) is 3.33. The first kappa shape index (κ1) is 19.7. The van der Waals surface area contributed by atoms with Crippen molar-refractivity contribution in [1.29, 1.82) is 0 Å². The summed E-state index contributed by atoms with van der Waals surface area (Å²) in [6.45, 7) is 6.76. The first-order chi connectivity index (χ1) is 12.8. The molecule has 3 rings (SSSR count). The van der Waals surface area contributed by atoms with Crippen LogP contribution >= 0.6 is 35.4 Å². The molecule has 0 saturated carbocycles. The van der Waals surface area contributed by atoms with Gasteiger partial charge in [0.15, 0.2) is 5.11 Å². The summed E-state index contributed by atoms with van der Waals surface area (Å²) in [6.07, 6.45) is 0. The van der Waals surface area contributed by atoms with E-state index in [1.165, 1.54) is 11.1 Å². The molecule has 27 heavy (non-hydrogen) atoms. The lowest BCUT2D eigenvalue weighted by molar-refractivity contribution is 0.659.